The first-order valence-corrected chi connectivity index (χ1v) is 10.8. The lowest BCUT2D eigenvalue weighted by Crippen LogP contribution is -2.49. The lowest BCUT2D eigenvalue weighted by molar-refractivity contribution is -0.126. The Labute approximate surface area is 184 Å². The minimum atomic E-state index is -0.579. The molecule has 2 unspecified atom stereocenters. The summed E-state index contributed by atoms with van der Waals surface area (Å²) >= 11 is 0. The van der Waals surface area contributed by atoms with Crippen molar-refractivity contribution in [2.75, 3.05) is 13.1 Å². The molecule has 2 aromatic rings. The minimum Gasteiger partial charge on any atom is -0.360 e. The lowest BCUT2D eigenvalue weighted by Gasteiger charge is -2.39. The second-order valence-corrected chi connectivity index (χ2v) is 9.09. The predicted octanol–water partition coefficient (Wildman–Crippen LogP) is 3.14. The number of likely N-dealkylation sites (tertiary alicyclic amines) is 1. The van der Waals surface area contributed by atoms with Crippen molar-refractivity contribution in [2.24, 2.45) is 21.3 Å². The van der Waals surface area contributed by atoms with E-state index < -0.39 is 17.0 Å². The van der Waals surface area contributed by atoms with Crippen LogP contribution in [0.1, 0.15) is 38.3 Å². The Bertz CT molecular complexity index is 1120. The molecule has 32 heavy (non-hydrogen) atoms. The molecule has 0 bridgehead atoms. The van der Waals surface area contributed by atoms with Crippen LogP contribution in [-0.4, -0.2) is 52.2 Å². The van der Waals surface area contributed by atoms with Gasteiger partial charge in [-0.3, -0.25) is 9.78 Å². The molecule has 2 atom stereocenters. The smallest absolute Gasteiger partial charge is 0.228 e. The average Bonchev–Trinajstić information content (AvgIpc) is 3.02. The Morgan fingerprint density at radius 1 is 1.16 bits per heavy atom. The fourth-order valence-corrected chi connectivity index (χ4v) is 4.88. The number of amidine groups is 1. The first-order chi connectivity index (χ1) is 15.3. The van der Waals surface area contributed by atoms with Crippen LogP contribution in [0.25, 0.3) is 11.3 Å². The van der Waals surface area contributed by atoms with E-state index in [1.54, 1.807) is 6.07 Å². The number of pyridine rings is 2. The number of piperidine rings is 1. The first-order valence-electron chi connectivity index (χ1n) is 10.8. The molecule has 0 saturated carbocycles. The van der Waals surface area contributed by atoms with Gasteiger partial charge >= 0.3 is 0 Å². The number of carbonyl (C=O) groups excluding carboxylic acids is 1. The van der Waals surface area contributed by atoms with Gasteiger partial charge in [0.2, 0.25) is 5.91 Å². The zero-order valence-corrected chi connectivity index (χ0v) is 17.9. The van der Waals surface area contributed by atoms with Crippen LogP contribution < -0.4 is 5.32 Å². The number of nitrogens with one attached hydrogen (secondary N) is 1. The number of hydrogen-bond donors (Lipinski definition) is 1. The van der Waals surface area contributed by atoms with Crippen LogP contribution in [0.5, 0.6) is 0 Å². The molecule has 5 heterocycles. The Balaban J connectivity index is 1.33. The maximum Gasteiger partial charge on any atom is 0.228 e. The molecule has 1 N–H and O–H groups in total. The zero-order valence-electron chi connectivity index (χ0n) is 17.9. The van der Waals surface area contributed by atoms with Crippen molar-refractivity contribution in [1.82, 2.24) is 20.2 Å². The number of rotatable bonds is 2. The second-order valence-electron chi connectivity index (χ2n) is 9.09. The summed E-state index contributed by atoms with van der Waals surface area (Å²) in [6, 6.07) is 4.33. The van der Waals surface area contributed by atoms with E-state index in [4.69, 9.17) is 0 Å². The third kappa shape index (κ3) is 3.45. The molecule has 3 aliphatic rings. The molecule has 7 nitrogen and oxygen atoms in total. The van der Waals surface area contributed by atoms with Crippen LogP contribution in [0, 0.1) is 23.0 Å². The van der Waals surface area contributed by atoms with Gasteiger partial charge in [0.05, 0.1) is 17.5 Å². The van der Waals surface area contributed by atoms with Gasteiger partial charge in [0.1, 0.15) is 35.7 Å². The Morgan fingerprint density at radius 3 is 2.69 bits per heavy atom. The van der Waals surface area contributed by atoms with E-state index in [9.17, 15) is 13.6 Å². The molecular formula is C23H24F2N6O. The van der Waals surface area contributed by atoms with Crippen LogP contribution in [0.3, 0.4) is 0 Å². The average molecular weight is 438 g/mol. The molecule has 2 saturated heterocycles. The maximum absolute atomic E-state index is 14.4. The third-order valence-corrected chi connectivity index (χ3v) is 6.74. The van der Waals surface area contributed by atoms with Crippen molar-refractivity contribution in [3.63, 3.8) is 0 Å². The number of nitrogens with zero attached hydrogens (tertiary/aromatic N) is 5. The van der Waals surface area contributed by atoms with Crippen molar-refractivity contribution >= 4 is 18.1 Å². The number of carbonyl (C=O) groups is 1. The van der Waals surface area contributed by atoms with E-state index >= 15 is 0 Å². The quantitative estimate of drug-likeness (QED) is 0.781. The third-order valence-electron chi connectivity index (χ3n) is 6.74. The molecule has 0 radical (unpaired) electrons. The van der Waals surface area contributed by atoms with Crippen LogP contribution in [-0.2, 0) is 4.79 Å². The number of hydrogen-bond acceptors (Lipinski definition) is 6. The molecule has 9 heteroatoms. The van der Waals surface area contributed by atoms with Gasteiger partial charge in [-0.1, -0.05) is 13.8 Å². The summed E-state index contributed by atoms with van der Waals surface area (Å²) < 4.78 is 28.0. The number of fused-ring (bicyclic) bond motifs is 1. The first kappa shape index (κ1) is 20.7. The summed E-state index contributed by atoms with van der Waals surface area (Å²) in [6.45, 7) is 5.37. The number of aromatic nitrogens is 2. The Hall–Kier alpha value is -3.23. The Morgan fingerprint density at radius 2 is 1.94 bits per heavy atom. The highest BCUT2D eigenvalue weighted by molar-refractivity contribution is 6.00. The van der Waals surface area contributed by atoms with E-state index in [1.165, 1.54) is 24.7 Å². The molecule has 2 aromatic heterocycles. The summed E-state index contributed by atoms with van der Waals surface area (Å²) in [7, 11) is 0. The molecule has 0 spiro atoms. The highest BCUT2D eigenvalue weighted by atomic mass is 19.1. The number of halogens is 2. The summed E-state index contributed by atoms with van der Waals surface area (Å²) in [4.78, 5) is 31.9. The fourth-order valence-electron chi connectivity index (χ4n) is 4.88. The molecule has 5 rings (SSSR count). The number of amides is 1. The van der Waals surface area contributed by atoms with Gasteiger partial charge in [0.15, 0.2) is 0 Å². The van der Waals surface area contributed by atoms with Crippen LogP contribution >= 0.6 is 0 Å². The minimum absolute atomic E-state index is 0.0102. The van der Waals surface area contributed by atoms with Crippen molar-refractivity contribution < 1.29 is 13.6 Å². The summed E-state index contributed by atoms with van der Waals surface area (Å²) in [6.07, 6.45) is 5.39. The van der Waals surface area contributed by atoms with Crippen LogP contribution in [0.4, 0.5) is 8.78 Å². The standard InChI is InChI=1S/C23H24F2N6O/c1-23(2)18-20(30-22(23)32)27-12-28-21(18)31-7-5-13(6-8-31)17-4-3-16(25)19(29-17)14-9-15(24)11-26-10-14/h3-4,9-13,18,20H,5-8H2,1-2H3,(H,30,32). The summed E-state index contributed by atoms with van der Waals surface area (Å²) in [5.41, 5.74) is 0.646. The summed E-state index contributed by atoms with van der Waals surface area (Å²) in [5, 5.41) is 2.96. The van der Waals surface area contributed by atoms with Crippen molar-refractivity contribution in [2.45, 2.75) is 38.8 Å². The van der Waals surface area contributed by atoms with Gasteiger partial charge in [-0.15, -0.1) is 0 Å². The normalized spacial score (nSPS) is 24.8. The van der Waals surface area contributed by atoms with Crippen LogP contribution in [0.2, 0.25) is 0 Å². The van der Waals surface area contributed by atoms with E-state index in [0.717, 1.165) is 43.7 Å². The van der Waals surface area contributed by atoms with Crippen molar-refractivity contribution in [1.29, 1.82) is 0 Å². The number of aliphatic imine (C=N–C) groups is 2. The van der Waals surface area contributed by atoms with Gasteiger partial charge in [0, 0.05) is 36.5 Å². The lowest BCUT2D eigenvalue weighted by atomic mass is 9.78. The summed E-state index contributed by atoms with van der Waals surface area (Å²) in [5.74, 6) is -0.0967. The molecule has 3 aliphatic heterocycles. The van der Waals surface area contributed by atoms with Crippen LogP contribution in [0.15, 0.2) is 40.6 Å². The zero-order chi connectivity index (χ0) is 22.5. The molecule has 1 amide bonds. The van der Waals surface area contributed by atoms with Gasteiger partial charge in [-0.2, -0.15) is 0 Å². The molecule has 0 aliphatic carbocycles. The van der Waals surface area contributed by atoms with Crippen molar-refractivity contribution in [3.8, 4) is 11.3 Å². The van der Waals surface area contributed by atoms with Crippen molar-refractivity contribution in [3.05, 3.63) is 47.9 Å². The van der Waals surface area contributed by atoms with Gasteiger partial charge in [0.25, 0.3) is 0 Å². The topological polar surface area (TPSA) is 82.8 Å². The maximum atomic E-state index is 14.4. The van der Waals surface area contributed by atoms with Gasteiger partial charge < -0.3 is 10.2 Å². The van der Waals surface area contributed by atoms with E-state index in [0.29, 0.717) is 5.56 Å². The largest absolute Gasteiger partial charge is 0.360 e. The second kappa shape index (κ2) is 7.72. The molecular weight excluding hydrogens is 414 g/mol. The highest BCUT2D eigenvalue weighted by Gasteiger charge is 2.53. The molecule has 166 valence electrons. The SMILES string of the molecule is CC1(C)C(=O)NC2N=CN=C(N3CCC(c4ccc(F)c(-c5cncc(F)c5)n4)CC3)C21. The highest BCUT2D eigenvalue weighted by Crippen LogP contribution is 2.40. The molecule has 0 aromatic carbocycles. The predicted molar refractivity (Wildman–Crippen MR) is 116 cm³/mol. The van der Waals surface area contributed by atoms with E-state index in [2.05, 4.69) is 30.2 Å². The van der Waals surface area contributed by atoms with E-state index in [-0.39, 0.29) is 29.6 Å². The van der Waals surface area contributed by atoms with E-state index in [1.807, 2.05) is 13.8 Å². The molecule has 2 fully saturated rings. The Kier molecular flexibility index (Phi) is 4.98. The van der Waals surface area contributed by atoms with Gasteiger partial charge in [-0.05, 0) is 31.0 Å². The van der Waals surface area contributed by atoms with Gasteiger partial charge in [-0.25, -0.2) is 23.7 Å². The fraction of sp³-hybridized carbons (Fsp3) is 0.435. The monoisotopic (exact) mass is 438 g/mol.